The highest BCUT2D eigenvalue weighted by atomic mass is 16.5. The molecule has 0 saturated carbocycles. The first kappa shape index (κ1) is 11.2. The van der Waals surface area contributed by atoms with Crippen LogP contribution in [0.1, 0.15) is 39.0 Å². The van der Waals surface area contributed by atoms with Gasteiger partial charge in [0.25, 0.3) is 0 Å². The zero-order valence-corrected chi connectivity index (χ0v) is 10.0. The number of allylic oxidation sites excluding steroid dienone is 3. The van der Waals surface area contributed by atoms with Crippen molar-refractivity contribution in [3.8, 4) is 0 Å². The molecule has 1 unspecified atom stereocenters. The number of ether oxygens (including phenoxy) is 1. The number of hydrogen-bond acceptors (Lipinski definition) is 3. The maximum absolute atomic E-state index is 11.1. The Morgan fingerprint density at radius 3 is 3.00 bits per heavy atom. The second kappa shape index (κ2) is 4.73. The molecule has 16 heavy (non-hydrogen) atoms. The zero-order chi connectivity index (χ0) is 11.5. The lowest BCUT2D eigenvalue weighted by Crippen LogP contribution is -2.26. The van der Waals surface area contributed by atoms with Crippen LogP contribution in [-0.2, 0) is 9.53 Å². The van der Waals surface area contributed by atoms with Crippen LogP contribution in [0.5, 0.6) is 0 Å². The molecule has 1 heterocycles. The van der Waals surface area contributed by atoms with Crippen molar-refractivity contribution in [2.45, 2.75) is 39.0 Å². The molecule has 3 heteroatoms. The predicted octanol–water partition coefficient (Wildman–Crippen LogP) is 2.50. The molecular formula is C13H19NO2. The van der Waals surface area contributed by atoms with Gasteiger partial charge < -0.3 is 10.1 Å². The third kappa shape index (κ3) is 2.29. The third-order valence-corrected chi connectivity index (χ3v) is 3.51. The van der Waals surface area contributed by atoms with Crippen LogP contribution in [0.3, 0.4) is 0 Å². The average molecular weight is 221 g/mol. The molecule has 1 aliphatic carbocycles. The average Bonchev–Trinajstić information content (AvgIpc) is 2.29. The van der Waals surface area contributed by atoms with Crippen molar-refractivity contribution in [1.29, 1.82) is 0 Å². The fourth-order valence-corrected chi connectivity index (χ4v) is 2.59. The van der Waals surface area contributed by atoms with Crippen LogP contribution in [0.25, 0.3) is 0 Å². The van der Waals surface area contributed by atoms with Crippen molar-refractivity contribution in [3.63, 3.8) is 0 Å². The van der Waals surface area contributed by atoms with Crippen molar-refractivity contribution >= 4 is 5.97 Å². The molecule has 0 amide bonds. The van der Waals surface area contributed by atoms with Gasteiger partial charge in [-0.1, -0.05) is 6.92 Å². The molecule has 1 atom stereocenters. The minimum absolute atomic E-state index is 0.268. The Labute approximate surface area is 96.6 Å². The Balaban J connectivity index is 2.12. The topological polar surface area (TPSA) is 38.3 Å². The van der Waals surface area contributed by atoms with E-state index in [4.69, 9.17) is 0 Å². The van der Waals surface area contributed by atoms with E-state index in [1.807, 2.05) is 0 Å². The summed E-state index contributed by atoms with van der Waals surface area (Å²) in [6.07, 6.45) is 7.26. The highest BCUT2D eigenvalue weighted by molar-refractivity contribution is 5.82. The summed E-state index contributed by atoms with van der Waals surface area (Å²) in [5.41, 5.74) is 3.91. The van der Waals surface area contributed by atoms with Crippen molar-refractivity contribution in [3.05, 3.63) is 23.0 Å². The Kier molecular flexibility index (Phi) is 3.32. The van der Waals surface area contributed by atoms with Gasteiger partial charge in [-0.25, -0.2) is 4.79 Å². The molecule has 2 rings (SSSR count). The largest absolute Gasteiger partial charge is 0.466 e. The third-order valence-electron chi connectivity index (χ3n) is 3.51. The monoisotopic (exact) mass is 221 g/mol. The standard InChI is InChI=1S/C13H19NO2/c1-9-4-3-5-12-11(9)7-6-10(14-12)8-13(15)16-2/h8-9,14H,3-7H2,1-2H3/b10-8-. The molecular weight excluding hydrogens is 202 g/mol. The van der Waals surface area contributed by atoms with E-state index in [1.165, 1.54) is 25.6 Å². The number of rotatable bonds is 1. The Hall–Kier alpha value is -1.25. The number of methoxy groups -OCH3 is 1. The van der Waals surface area contributed by atoms with E-state index in [9.17, 15) is 4.79 Å². The van der Waals surface area contributed by atoms with Gasteiger partial charge in [-0.2, -0.15) is 0 Å². The van der Waals surface area contributed by atoms with Gasteiger partial charge in [0, 0.05) is 17.5 Å². The van der Waals surface area contributed by atoms with E-state index in [1.54, 1.807) is 11.6 Å². The highest BCUT2D eigenvalue weighted by Crippen LogP contribution is 2.35. The minimum atomic E-state index is -0.268. The van der Waals surface area contributed by atoms with Gasteiger partial charge >= 0.3 is 5.97 Å². The zero-order valence-electron chi connectivity index (χ0n) is 10.0. The molecule has 1 aliphatic heterocycles. The van der Waals surface area contributed by atoms with Crippen molar-refractivity contribution in [2.75, 3.05) is 7.11 Å². The van der Waals surface area contributed by atoms with E-state index >= 15 is 0 Å². The van der Waals surface area contributed by atoms with Crippen molar-refractivity contribution in [2.24, 2.45) is 5.92 Å². The Morgan fingerprint density at radius 2 is 2.25 bits per heavy atom. The number of carbonyl (C=O) groups excluding carboxylic acids is 1. The number of hydrogen-bond donors (Lipinski definition) is 1. The smallest absolute Gasteiger partial charge is 0.332 e. The summed E-state index contributed by atoms with van der Waals surface area (Å²) < 4.78 is 4.64. The van der Waals surface area contributed by atoms with Crippen LogP contribution >= 0.6 is 0 Å². The van der Waals surface area contributed by atoms with Gasteiger partial charge in [0.2, 0.25) is 0 Å². The van der Waals surface area contributed by atoms with Crippen LogP contribution in [0.2, 0.25) is 0 Å². The lowest BCUT2D eigenvalue weighted by Gasteiger charge is -2.32. The van der Waals surface area contributed by atoms with Gasteiger partial charge in [0.05, 0.1) is 7.11 Å². The summed E-state index contributed by atoms with van der Waals surface area (Å²) in [6.45, 7) is 2.30. The molecule has 0 aromatic carbocycles. The summed E-state index contributed by atoms with van der Waals surface area (Å²) in [7, 11) is 1.41. The molecule has 88 valence electrons. The van der Waals surface area contributed by atoms with Gasteiger partial charge in [-0.15, -0.1) is 0 Å². The van der Waals surface area contributed by atoms with E-state index in [0.717, 1.165) is 25.0 Å². The molecule has 3 nitrogen and oxygen atoms in total. The van der Waals surface area contributed by atoms with E-state index in [2.05, 4.69) is 17.0 Å². The summed E-state index contributed by atoms with van der Waals surface area (Å²) >= 11 is 0. The maximum atomic E-state index is 11.1. The summed E-state index contributed by atoms with van der Waals surface area (Å²) in [5, 5.41) is 3.39. The molecule has 0 fully saturated rings. The summed E-state index contributed by atoms with van der Waals surface area (Å²) in [5.74, 6) is 0.436. The predicted molar refractivity (Wildman–Crippen MR) is 62.5 cm³/mol. The highest BCUT2D eigenvalue weighted by Gasteiger charge is 2.23. The molecule has 0 spiro atoms. The van der Waals surface area contributed by atoms with Crippen LogP contribution < -0.4 is 5.32 Å². The Morgan fingerprint density at radius 1 is 1.44 bits per heavy atom. The van der Waals surface area contributed by atoms with E-state index in [0.29, 0.717) is 5.92 Å². The van der Waals surface area contributed by atoms with E-state index < -0.39 is 0 Å². The summed E-state index contributed by atoms with van der Waals surface area (Å²) in [6, 6.07) is 0. The summed E-state index contributed by atoms with van der Waals surface area (Å²) in [4.78, 5) is 11.1. The molecule has 0 radical (unpaired) electrons. The van der Waals surface area contributed by atoms with Gasteiger partial charge in [0.15, 0.2) is 0 Å². The lowest BCUT2D eigenvalue weighted by atomic mass is 9.82. The van der Waals surface area contributed by atoms with Gasteiger partial charge in [-0.3, -0.25) is 0 Å². The van der Waals surface area contributed by atoms with Crippen LogP contribution in [-0.4, -0.2) is 13.1 Å². The Bertz CT molecular complexity index is 355. The fraction of sp³-hybridized carbons (Fsp3) is 0.615. The first-order chi connectivity index (χ1) is 7.70. The fourth-order valence-electron chi connectivity index (χ4n) is 2.59. The van der Waals surface area contributed by atoms with Crippen LogP contribution in [0.15, 0.2) is 23.0 Å². The van der Waals surface area contributed by atoms with Gasteiger partial charge in [-0.05, 0) is 43.6 Å². The SMILES string of the molecule is COC(=O)/C=C1/CCC2=C(CCCC2C)N1. The molecule has 2 aliphatic rings. The molecule has 1 N–H and O–H groups in total. The van der Waals surface area contributed by atoms with Crippen molar-refractivity contribution in [1.82, 2.24) is 5.32 Å². The number of nitrogens with one attached hydrogen (secondary N) is 1. The first-order valence-electron chi connectivity index (χ1n) is 5.98. The van der Waals surface area contributed by atoms with Crippen LogP contribution in [0, 0.1) is 5.92 Å². The maximum Gasteiger partial charge on any atom is 0.332 e. The normalized spacial score (nSPS) is 27.4. The second-order valence-corrected chi connectivity index (χ2v) is 4.61. The second-order valence-electron chi connectivity index (χ2n) is 4.61. The molecule has 0 bridgehead atoms. The molecule has 0 aromatic heterocycles. The minimum Gasteiger partial charge on any atom is -0.466 e. The number of esters is 1. The number of carbonyl (C=O) groups is 1. The van der Waals surface area contributed by atoms with Gasteiger partial charge in [0.1, 0.15) is 0 Å². The van der Waals surface area contributed by atoms with Crippen LogP contribution in [0.4, 0.5) is 0 Å². The molecule has 0 saturated heterocycles. The van der Waals surface area contributed by atoms with Crippen molar-refractivity contribution < 1.29 is 9.53 Å². The first-order valence-corrected chi connectivity index (χ1v) is 5.98. The van der Waals surface area contributed by atoms with E-state index in [-0.39, 0.29) is 5.97 Å². The quantitative estimate of drug-likeness (QED) is 0.546. The lowest BCUT2D eigenvalue weighted by molar-refractivity contribution is -0.134. The molecule has 0 aromatic rings.